The Morgan fingerprint density at radius 1 is 1.00 bits per heavy atom. The lowest BCUT2D eigenvalue weighted by Crippen LogP contribution is -2.33. The van der Waals surface area contributed by atoms with Gasteiger partial charge in [0.05, 0.1) is 11.0 Å². The van der Waals surface area contributed by atoms with Crippen LogP contribution in [0.4, 0.5) is 4.39 Å². The Bertz CT molecular complexity index is 1690. The molecule has 2 atom stereocenters. The molecule has 8 nitrogen and oxygen atoms in total. The van der Waals surface area contributed by atoms with E-state index in [0.29, 0.717) is 35.3 Å². The van der Waals surface area contributed by atoms with Crippen molar-refractivity contribution < 1.29 is 18.7 Å². The molecular formula is C28H21BrFN5O3. The largest absolute Gasteiger partial charge is 0.339 e. The second-order valence-corrected chi connectivity index (χ2v) is 10.0. The highest BCUT2D eigenvalue weighted by molar-refractivity contribution is 9.10. The number of nitrogens with zero attached hydrogens (tertiary/aromatic N) is 5. The molecule has 2 aliphatic rings. The summed E-state index contributed by atoms with van der Waals surface area (Å²) in [7, 11) is 0. The van der Waals surface area contributed by atoms with Crippen LogP contribution >= 0.6 is 15.9 Å². The van der Waals surface area contributed by atoms with E-state index >= 15 is 0 Å². The van der Waals surface area contributed by atoms with Crippen molar-refractivity contribution in [1.29, 1.82) is 0 Å². The summed E-state index contributed by atoms with van der Waals surface area (Å²) in [6, 6.07) is 19.1. The lowest BCUT2D eigenvalue weighted by molar-refractivity contribution is -0.130. The number of halogens is 2. The van der Waals surface area contributed by atoms with Crippen LogP contribution in [0.2, 0.25) is 0 Å². The Labute approximate surface area is 225 Å². The van der Waals surface area contributed by atoms with Crippen LogP contribution < -0.4 is 10.6 Å². The number of carbonyl (C=O) groups is 2. The lowest BCUT2D eigenvalue weighted by Gasteiger charge is -2.22. The Hall–Kier alpha value is -4.02. The molecule has 0 unspecified atom stereocenters. The number of carbonyl (C=O) groups excluding carboxylic acids is 2. The SMILES string of the molecule is C[C@@H]1O[C@@H](c2nn(-c3ccc(Br)cc3)nc2-c2ccc(F)cc2)N(CCc2ccc3c(c2)=NC(=O)C=3)C1=O. The minimum absolute atomic E-state index is 0.160. The molecule has 0 N–H and O–H groups in total. The number of amides is 2. The first-order valence-corrected chi connectivity index (χ1v) is 12.8. The zero-order valence-electron chi connectivity index (χ0n) is 20.2. The second kappa shape index (κ2) is 9.70. The third-order valence-corrected chi connectivity index (χ3v) is 7.07. The van der Waals surface area contributed by atoms with Crippen molar-refractivity contribution >= 4 is 33.8 Å². The molecule has 1 aromatic heterocycles. The van der Waals surface area contributed by atoms with E-state index < -0.39 is 12.3 Å². The van der Waals surface area contributed by atoms with Crippen LogP contribution in [-0.4, -0.2) is 44.4 Å². The van der Waals surface area contributed by atoms with Gasteiger partial charge in [0.1, 0.15) is 23.3 Å². The molecule has 4 aromatic rings. The highest BCUT2D eigenvalue weighted by Gasteiger charge is 2.41. The van der Waals surface area contributed by atoms with E-state index in [1.54, 1.807) is 24.0 Å². The predicted octanol–water partition coefficient (Wildman–Crippen LogP) is 3.26. The quantitative estimate of drug-likeness (QED) is 0.353. The van der Waals surface area contributed by atoms with Gasteiger partial charge in [0.15, 0.2) is 6.23 Å². The number of fused-ring (bicyclic) bond motifs is 1. The zero-order valence-corrected chi connectivity index (χ0v) is 21.8. The zero-order chi connectivity index (χ0) is 26.4. The Balaban J connectivity index is 1.36. The molecule has 1 fully saturated rings. The van der Waals surface area contributed by atoms with Crippen LogP contribution in [0.25, 0.3) is 23.0 Å². The number of ether oxygens (including phenoxy) is 1. The highest BCUT2D eigenvalue weighted by atomic mass is 79.9. The van der Waals surface area contributed by atoms with E-state index in [-0.39, 0.29) is 17.6 Å². The van der Waals surface area contributed by atoms with Crippen molar-refractivity contribution in [2.75, 3.05) is 6.54 Å². The molecule has 3 heterocycles. The minimum atomic E-state index is -0.782. The van der Waals surface area contributed by atoms with Gasteiger partial charge in [-0.3, -0.25) is 9.59 Å². The fourth-order valence-electron chi connectivity index (χ4n) is 4.60. The first-order chi connectivity index (χ1) is 18.4. The summed E-state index contributed by atoms with van der Waals surface area (Å²) in [5, 5.41) is 10.9. The molecule has 0 radical (unpaired) electrons. The maximum atomic E-state index is 13.7. The topological polar surface area (TPSA) is 89.7 Å². The van der Waals surface area contributed by atoms with Gasteiger partial charge in [-0.1, -0.05) is 28.1 Å². The average Bonchev–Trinajstić information content (AvgIpc) is 3.58. The summed E-state index contributed by atoms with van der Waals surface area (Å²) in [4.78, 5) is 31.9. The molecule has 0 saturated carbocycles. The molecule has 190 valence electrons. The monoisotopic (exact) mass is 573 g/mol. The van der Waals surface area contributed by atoms with Crippen LogP contribution in [0.15, 0.2) is 76.2 Å². The van der Waals surface area contributed by atoms with E-state index in [1.807, 2.05) is 42.5 Å². The van der Waals surface area contributed by atoms with E-state index in [2.05, 4.69) is 20.9 Å². The maximum Gasteiger partial charge on any atom is 0.270 e. The molecule has 0 bridgehead atoms. The van der Waals surface area contributed by atoms with Crippen molar-refractivity contribution in [3.63, 3.8) is 0 Å². The van der Waals surface area contributed by atoms with Gasteiger partial charge >= 0.3 is 0 Å². The smallest absolute Gasteiger partial charge is 0.270 e. The van der Waals surface area contributed by atoms with Crippen LogP contribution in [-0.2, 0) is 20.7 Å². The molecule has 2 aliphatic heterocycles. The molecular weight excluding hydrogens is 553 g/mol. The molecule has 2 amide bonds. The number of hydrogen-bond acceptors (Lipinski definition) is 5. The average molecular weight is 574 g/mol. The molecule has 0 aliphatic carbocycles. The second-order valence-electron chi connectivity index (χ2n) is 9.11. The molecule has 6 rings (SSSR count). The van der Waals surface area contributed by atoms with Gasteiger partial charge in [-0.15, -0.1) is 10.2 Å². The van der Waals surface area contributed by atoms with Gasteiger partial charge in [-0.25, -0.2) is 9.38 Å². The van der Waals surface area contributed by atoms with Crippen LogP contribution in [0.5, 0.6) is 0 Å². The minimum Gasteiger partial charge on any atom is -0.339 e. The van der Waals surface area contributed by atoms with Crippen LogP contribution in [0.3, 0.4) is 0 Å². The van der Waals surface area contributed by atoms with Gasteiger partial charge in [-0.2, -0.15) is 4.80 Å². The summed E-state index contributed by atoms with van der Waals surface area (Å²) in [6.45, 7) is 2.07. The number of benzene rings is 3. The molecule has 38 heavy (non-hydrogen) atoms. The van der Waals surface area contributed by atoms with Gasteiger partial charge in [-0.05, 0) is 73.5 Å². The van der Waals surface area contributed by atoms with Crippen molar-refractivity contribution in [3.05, 3.63) is 98.9 Å². The first kappa shape index (κ1) is 24.3. The summed E-state index contributed by atoms with van der Waals surface area (Å²) in [5.74, 6) is -0.789. The van der Waals surface area contributed by atoms with Crippen molar-refractivity contribution in [3.8, 4) is 16.9 Å². The van der Waals surface area contributed by atoms with E-state index in [9.17, 15) is 14.0 Å². The summed E-state index contributed by atoms with van der Waals surface area (Å²) < 4.78 is 20.7. The van der Waals surface area contributed by atoms with Gasteiger partial charge < -0.3 is 9.64 Å². The van der Waals surface area contributed by atoms with Crippen molar-refractivity contribution in [2.45, 2.75) is 25.7 Å². The predicted molar refractivity (Wildman–Crippen MR) is 140 cm³/mol. The fourth-order valence-corrected chi connectivity index (χ4v) is 4.86. The number of rotatable bonds is 6. The highest BCUT2D eigenvalue weighted by Crippen LogP contribution is 2.36. The standard InChI is InChI=1S/C28H21BrFN5O3/c1-16-27(37)34(13-12-17-2-3-19-15-24(36)31-23(19)14-17)28(38-16)26-25(18-4-8-21(30)9-5-18)32-35(33-26)22-10-6-20(29)7-11-22/h2-11,14-16,28H,12-13H2,1H3/t16-,28-/m0/s1. The van der Waals surface area contributed by atoms with Gasteiger partial charge in [0, 0.05) is 27.9 Å². The van der Waals surface area contributed by atoms with Gasteiger partial charge in [0.2, 0.25) is 0 Å². The Kier molecular flexibility index (Phi) is 6.21. The van der Waals surface area contributed by atoms with E-state index in [0.717, 1.165) is 20.9 Å². The summed E-state index contributed by atoms with van der Waals surface area (Å²) >= 11 is 3.44. The molecule has 1 saturated heterocycles. The first-order valence-electron chi connectivity index (χ1n) is 12.0. The van der Waals surface area contributed by atoms with Crippen LogP contribution in [0, 0.1) is 5.82 Å². The normalized spacial score (nSPS) is 18.4. The fraction of sp³-hybridized carbons (Fsp3) is 0.179. The van der Waals surface area contributed by atoms with Gasteiger partial charge in [0.25, 0.3) is 11.8 Å². The molecule has 3 aromatic carbocycles. The molecule has 10 heteroatoms. The summed E-state index contributed by atoms with van der Waals surface area (Å²) in [5.41, 5.74) is 3.27. The Morgan fingerprint density at radius 2 is 1.76 bits per heavy atom. The third kappa shape index (κ3) is 4.57. The maximum absolute atomic E-state index is 13.7. The lowest BCUT2D eigenvalue weighted by atomic mass is 10.1. The van der Waals surface area contributed by atoms with Crippen LogP contribution in [0.1, 0.15) is 24.4 Å². The van der Waals surface area contributed by atoms with E-state index in [1.165, 1.54) is 23.0 Å². The van der Waals surface area contributed by atoms with Crippen molar-refractivity contribution in [2.24, 2.45) is 4.99 Å². The number of aromatic nitrogens is 3. The Morgan fingerprint density at radius 3 is 2.53 bits per heavy atom. The molecule has 0 spiro atoms. The van der Waals surface area contributed by atoms with Crippen molar-refractivity contribution in [1.82, 2.24) is 19.9 Å². The van der Waals surface area contributed by atoms with E-state index in [4.69, 9.17) is 14.9 Å². The third-order valence-electron chi connectivity index (χ3n) is 6.54. The summed E-state index contributed by atoms with van der Waals surface area (Å²) in [6.07, 6.45) is 0.583. The number of hydrogen-bond donors (Lipinski definition) is 0.